The standard InChI is InChI=1S/C7H16O2Si/c1-10(2,3)7-8-5-4-6-9-7/h7H,4-6H2,1-3H3. The van der Waals surface area contributed by atoms with Crippen LogP contribution in [0.5, 0.6) is 0 Å². The third kappa shape index (κ3) is 2.07. The number of rotatable bonds is 1. The van der Waals surface area contributed by atoms with Gasteiger partial charge in [0.25, 0.3) is 0 Å². The van der Waals surface area contributed by atoms with Gasteiger partial charge < -0.3 is 9.47 Å². The van der Waals surface area contributed by atoms with E-state index in [1.165, 1.54) is 0 Å². The Labute approximate surface area is 63.5 Å². The van der Waals surface area contributed by atoms with Crippen LogP contribution in [-0.4, -0.2) is 27.2 Å². The van der Waals surface area contributed by atoms with E-state index in [9.17, 15) is 0 Å². The molecule has 3 heteroatoms. The second-order valence-corrected chi connectivity index (χ2v) is 9.00. The molecular formula is C7H16O2Si. The molecule has 1 aliphatic rings. The van der Waals surface area contributed by atoms with Crippen molar-refractivity contribution < 1.29 is 9.47 Å². The van der Waals surface area contributed by atoms with Crippen molar-refractivity contribution in [2.24, 2.45) is 0 Å². The Morgan fingerprint density at radius 2 is 1.60 bits per heavy atom. The van der Waals surface area contributed by atoms with Crippen LogP contribution in [-0.2, 0) is 9.47 Å². The van der Waals surface area contributed by atoms with Crippen LogP contribution >= 0.6 is 0 Å². The van der Waals surface area contributed by atoms with Gasteiger partial charge in [0.1, 0.15) is 14.0 Å². The summed E-state index contributed by atoms with van der Waals surface area (Å²) >= 11 is 0. The Morgan fingerprint density at radius 3 is 1.90 bits per heavy atom. The Morgan fingerprint density at radius 1 is 1.10 bits per heavy atom. The Hall–Kier alpha value is 0.137. The first kappa shape index (κ1) is 8.24. The van der Waals surface area contributed by atoms with E-state index in [0.29, 0.717) is 0 Å². The van der Waals surface area contributed by atoms with Crippen molar-refractivity contribution in [3.63, 3.8) is 0 Å². The van der Waals surface area contributed by atoms with Gasteiger partial charge >= 0.3 is 0 Å². The van der Waals surface area contributed by atoms with E-state index in [-0.39, 0.29) is 5.91 Å². The molecule has 0 spiro atoms. The van der Waals surface area contributed by atoms with Gasteiger partial charge in [-0.25, -0.2) is 0 Å². The molecular weight excluding hydrogens is 144 g/mol. The molecule has 0 amide bonds. The van der Waals surface area contributed by atoms with E-state index in [1.54, 1.807) is 0 Å². The quantitative estimate of drug-likeness (QED) is 0.543. The van der Waals surface area contributed by atoms with Crippen molar-refractivity contribution in [1.82, 2.24) is 0 Å². The highest BCUT2D eigenvalue weighted by atomic mass is 28.3. The molecule has 0 radical (unpaired) electrons. The van der Waals surface area contributed by atoms with Gasteiger partial charge in [-0.1, -0.05) is 19.6 Å². The number of ether oxygens (including phenoxy) is 2. The van der Waals surface area contributed by atoms with Gasteiger partial charge in [-0.2, -0.15) is 0 Å². The molecule has 1 rings (SSSR count). The van der Waals surface area contributed by atoms with E-state index < -0.39 is 8.07 Å². The van der Waals surface area contributed by atoms with Crippen LogP contribution in [0.2, 0.25) is 19.6 Å². The van der Waals surface area contributed by atoms with Crippen molar-refractivity contribution in [2.75, 3.05) is 13.2 Å². The van der Waals surface area contributed by atoms with Gasteiger partial charge in [-0.05, 0) is 6.42 Å². The van der Waals surface area contributed by atoms with Crippen LogP contribution in [0.1, 0.15) is 6.42 Å². The lowest BCUT2D eigenvalue weighted by atomic mass is 10.5. The largest absolute Gasteiger partial charge is 0.356 e. The molecule has 0 unspecified atom stereocenters. The zero-order valence-electron chi connectivity index (χ0n) is 7.02. The van der Waals surface area contributed by atoms with Gasteiger partial charge in [-0.3, -0.25) is 0 Å². The molecule has 2 nitrogen and oxygen atoms in total. The first-order valence-electron chi connectivity index (χ1n) is 3.84. The Kier molecular flexibility index (Phi) is 2.49. The average molecular weight is 160 g/mol. The first-order chi connectivity index (χ1) is 4.61. The zero-order chi connectivity index (χ0) is 7.61. The van der Waals surface area contributed by atoms with Crippen molar-refractivity contribution in [2.45, 2.75) is 32.0 Å². The fourth-order valence-electron chi connectivity index (χ4n) is 0.988. The van der Waals surface area contributed by atoms with E-state index in [4.69, 9.17) is 9.47 Å². The molecule has 0 aromatic heterocycles. The lowest BCUT2D eigenvalue weighted by Crippen LogP contribution is -2.45. The minimum atomic E-state index is -1.20. The van der Waals surface area contributed by atoms with Crippen LogP contribution in [0, 0.1) is 0 Å². The van der Waals surface area contributed by atoms with Gasteiger partial charge in [0.05, 0.1) is 13.2 Å². The van der Waals surface area contributed by atoms with Crippen LogP contribution in [0.25, 0.3) is 0 Å². The first-order valence-corrected chi connectivity index (χ1v) is 7.41. The van der Waals surface area contributed by atoms with E-state index in [2.05, 4.69) is 19.6 Å². The molecule has 0 atom stereocenters. The summed E-state index contributed by atoms with van der Waals surface area (Å²) in [6.45, 7) is 8.57. The summed E-state index contributed by atoms with van der Waals surface area (Å²) in [7, 11) is -1.20. The molecule has 10 heavy (non-hydrogen) atoms. The predicted molar refractivity (Wildman–Crippen MR) is 43.7 cm³/mol. The van der Waals surface area contributed by atoms with Gasteiger partial charge in [0.15, 0.2) is 0 Å². The summed E-state index contributed by atoms with van der Waals surface area (Å²) in [5.74, 6) is 0.140. The fourth-order valence-corrected chi connectivity index (χ4v) is 2.22. The monoisotopic (exact) mass is 160 g/mol. The van der Waals surface area contributed by atoms with Crippen LogP contribution in [0.3, 0.4) is 0 Å². The maximum Gasteiger partial charge on any atom is 0.140 e. The van der Waals surface area contributed by atoms with Crippen molar-refractivity contribution in [3.8, 4) is 0 Å². The number of hydrogen-bond acceptors (Lipinski definition) is 2. The summed E-state index contributed by atoms with van der Waals surface area (Å²) in [5, 5.41) is 0. The van der Waals surface area contributed by atoms with Gasteiger partial charge in [-0.15, -0.1) is 0 Å². The van der Waals surface area contributed by atoms with E-state index >= 15 is 0 Å². The maximum atomic E-state index is 5.48. The average Bonchev–Trinajstić information content (AvgIpc) is 1.88. The van der Waals surface area contributed by atoms with Crippen LogP contribution in [0.15, 0.2) is 0 Å². The summed E-state index contributed by atoms with van der Waals surface area (Å²) < 4.78 is 11.0. The maximum absolute atomic E-state index is 5.48. The van der Waals surface area contributed by atoms with Crippen molar-refractivity contribution in [1.29, 1.82) is 0 Å². The second-order valence-electron chi connectivity index (χ2n) is 3.79. The molecule has 0 aliphatic carbocycles. The van der Waals surface area contributed by atoms with Crippen LogP contribution in [0.4, 0.5) is 0 Å². The van der Waals surface area contributed by atoms with E-state index in [1.807, 2.05) is 0 Å². The molecule has 1 aliphatic heterocycles. The fraction of sp³-hybridized carbons (Fsp3) is 1.00. The molecule has 0 aromatic rings. The normalized spacial score (nSPS) is 23.1. The van der Waals surface area contributed by atoms with Crippen molar-refractivity contribution >= 4 is 8.07 Å². The lowest BCUT2D eigenvalue weighted by molar-refractivity contribution is -0.135. The molecule has 0 N–H and O–H groups in total. The summed E-state index contributed by atoms with van der Waals surface area (Å²) in [5.41, 5.74) is 0. The molecule has 60 valence electrons. The summed E-state index contributed by atoms with van der Waals surface area (Å²) in [6, 6.07) is 0. The molecule has 1 saturated heterocycles. The topological polar surface area (TPSA) is 18.5 Å². The Balaban J connectivity index is 2.39. The highest BCUT2D eigenvalue weighted by Crippen LogP contribution is 2.16. The second kappa shape index (κ2) is 3.03. The predicted octanol–water partition coefficient (Wildman–Crippen LogP) is 1.63. The van der Waals surface area contributed by atoms with Gasteiger partial charge in [0, 0.05) is 0 Å². The summed E-state index contributed by atoms with van der Waals surface area (Å²) in [4.78, 5) is 0. The molecule has 0 saturated carbocycles. The number of hydrogen-bond donors (Lipinski definition) is 0. The van der Waals surface area contributed by atoms with Crippen LogP contribution < -0.4 is 0 Å². The van der Waals surface area contributed by atoms with Crippen molar-refractivity contribution in [3.05, 3.63) is 0 Å². The van der Waals surface area contributed by atoms with E-state index in [0.717, 1.165) is 19.6 Å². The highest BCUT2D eigenvalue weighted by Gasteiger charge is 2.30. The molecule has 0 aromatic carbocycles. The molecule has 1 heterocycles. The smallest absolute Gasteiger partial charge is 0.140 e. The van der Waals surface area contributed by atoms with Gasteiger partial charge in [0.2, 0.25) is 0 Å². The minimum absolute atomic E-state index is 0.140. The molecule has 1 fully saturated rings. The highest BCUT2D eigenvalue weighted by molar-refractivity contribution is 6.76. The SMILES string of the molecule is C[Si](C)(C)C1OCCCO1. The summed E-state index contributed by atoms with van der Waals surface area (Å²) in [6.07, 6.45) is 1.06. The lowest BCUT2D eigenvalue weighted by Gasteiger charge is -2.32. The third-order valence-corrected chi connectivity index (χ3v) is 3.28. The Bertz CT molecular complexity index is 103. The third-order valence-electron chi connectivity index (χ3n) is 1.53. The minimum Gasteiger partial charge on any atom is -0.356 e. The zero-order valence-corrected chi connectivity index (χ0v) is 8.02. The molecule has 0 bridgehead atoms.